The molecule has 1 N–H and O–H groups in total. The molecule has 1 atom stereocenters. The van der Waals surface area contributed by atoms with Crippen molar-refractivity contribution in [1.82, 2.24) is 0 Å². The van der Waals surface area contributed by atoms with E-state index in [4.69, 9.17) is 5.11 Å². The van der Waals surface area contributed by atoms with Gasteiger partial charge in [-0.25, -0.2) is 0 Å². The summed E-state index contributed by atoms with van der Waals surface area (Å²) in [5.74, 6) is 0. The fraction of sp³-hybridized carbons (Fsp3) is 0.667. The van der Waals surface area contributed by atoms with Gasteiger partial charge in [0.15, 0.2) is 0 Å². The second kappa shape index (κ2) is 3.88. The third-order valence-electron chi connectivity index (χ3n) is 0.650. The maximum absolute atomic E-state index is 8.60. The minimum atomic E-state index is -0.278. The summed E-state index contributed by atoms with van der Waals surface area (Å²) in [5.41, 5.74) is 0. The molecule has 0 aromatic heterocycles. The van der Waals surface area contributed by atoms with Gasteiger partial charge in [0.05, 0.1) is 6.10 Å². The highest BCUT2D eigenvalue weighted by molar-refractivity contribution is 4.84. The molecule has 0 radical (unpaired) electrons. The Balaban J connectivity index is 3.08. The topological polar surface area (TPSA) is 20.2 Å². The summed E-state index contributed by atoms with van der Waals surface area (Å²) in [7, 11) is 0. The van der Waals surface area contributed by atoms with Gasteiger partial charge in [-0.1, -0.05) is 19.1 Å². The molecule has 0 heterocycles. The van der Waals surface area contributed by atoms with Gasteiger partial charge >= 0.3 is 0 Å². The molecule has 0 aliphatic carbocycles. The van der Waals surface area contributed by atoms with E-state index in [-0.39, 0.29) is 6.10 Å². The largest absolute Gasteiger partial charge is 0.389 e. The highest BCUT2D eigenvalue weighted by atomic mass is 16.3. The molecule has 0 saturated carbocycles. The van der Waals surface area contributed by atoms with E-state index < -0.39 is 0 Å². The van der Waals surface area contributed by atoms with E-state index in [0.717, 1.165) is 6.42 Å². The first-order valence-corrected chi connectivity index (χ1v) is 2.62. The number of allylic oxidation sites excluding steroid dienone is 1. The van der Waals surface area contributed by atoms with Crippen LogP contribution in [0.5, 0.6) is 0 Å². The molecule has 0 aromatic rings. The van der Waals surface area contributed by atoms with Crippen molar-refractivity contribution in [3.05, 3.63) is 12.2 Å². The predicted octanol–water partition coefficient (Wildman–Crippen LogP) is 1.33. The van der Waals surface area contributed by atoms with E-state index >= 15 is 0 Å². The normalized spacial score (nSPS) is 15.3. The maximum Gasteiger partial charge on any atom is 0.0692 e. The molecular formula is C6H12O. The minimum Gasteiger partial charge on any atom is -0.389 e. The number of aliphatic hydroxyl groups excluding tert-OH is 1. The first-order valence-electron chi connectivity index (χ1n) is 2.62. The summed E-state index contributed by atoms with van der Waals surface area (Å²) in [5, 5.41) is 8.60. The van der Waals surface area contributed by atoms with Gasteiger partial charge in [0.2, 0.25) is 0 Å². The third-order valence-corrected chi connectivity index (χ3v) is 0.650. The van der Waals surface area contributed by atoms with Gasteiger partial charge in [0.1, 0.15) is 0 Å². The number of rotatable bonds is 2. The van der Waals surface area contributed by atoms with E-state index in [1.165, 1.54) is 0 Å². The molecule has 0 aromatic carbocycles. The van der Waals surface area contributed by atoms with Crippen LogP contribution in [0.3, 0.4) is 0 Å². The molecule has 0 amide bonds. The Bertz CT molecular complexity index is 55.2. The molecule has 1 unspecified atom stereocenters. The van der Waals surface area contributed by atoms with Crippen LogP contribution in [0.25, 0.3) is 0 Å². The zero-order valence-electron chi connectivity index (χ0n) is 4.89. The summed E-state index contributed by atoms with van der Waals surface area (Å²) in [6.07, 6.45) is 4.45. The first kappa shape index (κ1) is 6.70. The SMILES string of the molecule is CC/C=C/C(C)O. The van der Waals surface area contributed by atoms with Gasteiger partial charge < -0.3 is 5.11 Å². The molecule has 0 rings (SSSR count). The lowest BCUT2D eigenvalue weighted by Gasteiger charge is -1.88. The Morgan fingerprint density at radius 3 is 2.43 bits per heavy atom. The monoisotopic (exact) mass is 100 g/mol. The second-order valence-electron chi connectivity index (χ2n) is 1.58. The van der Waals surface area contributed by atoms with Crippen molar-refractivity contribution >= 4 is 0 Å². The molecule has 42 valence electrons. The molecule has 1 heteroatoms. The number of aliphatic hydroxyl groups is 1. The molecule has 7 heavy (non-hydrogen) atoms. The van der Waals surface area contributed by atoms with Gasteiger partial charge in [-0.05, 0) is 13.3 Å². The van der Waals surface area contributed by atoms with Crippen LogP contribution in [0.4, 0.5) is 0 Å². The lowest BCUT2D eigenvalue weighted by Crippen LogP contribution is -1.90. The minimum absolute atomic E-state index is 0.278. The van der Waals surface area contributed by atoms with Crippen molar-refractivity contribution in [2.45, 2.75) is 26.4 Å². The van der Waals surface area contributed by atoms with Gasteiger partial charge in [-0.2, -0.15) is 0 Å². The maximum atomic E-state index is 8.60. The van der Waals surface area contributed by atoms with Crippen LogP contribution in [0, 0.1) is 0 Å². The van der Waals surface area contributed by atoms with Crippen molar-refractivity contribution in [3.8, 4) is 0 Å². The molecule has 0 aliphatic heterocycles. The molecule has 0 saturated heterocycles. The summed E-state index contributed by atoms with van der Waals surface area (Å²) >= 11 is 0. The van der Waals surface area contributed by atoms with Gasteiger partial charge in [0.25, 0.3) is 0 Å². The van der Waals surface area contributed by atoms with Crippen LogP contribution in [-0.4, -0.2) is 11.2 Å². The molecule has 0 spiro atoms. The lowest BCUT2D eigenvalue weighted by atomic mass is 10.3. The summed E-state index contributed by atoms with van der Waals surface area (Å²) in [4.78, 5) is 0. The van der Waals surface area contributed by atoms with Crippen LogP contribution in [0.2, 0.25) is 0 Å². The van der Waals surface area contributed by atoms with Crippen LogP contribution in [0.15, 0.2) is 12.2 Å². The van der Waals surface area contributed by atoms with Crippen LogP contribution >= 0.6 is 0 Å². The number of hydrogen-bond donors (Lipinski definition) is 1. The third kappa shape index (κ3) is 5.70. The van der Waals surface area contributed by atoms with Crippen molar-refractivity contribution in [3.63, 3.8) is 0 Å². The van der Waals surface area contributed by atoms with E-state index in [1.54, 1.807) is 13.0 Å². The molecule has 0 bridgehead atoms. The lowest BCUT2D eigenvalue weighted by molar-refractivity contribution is 0.244. The zero-order valence-corrected chi connectivity index (χ0v) is 4.89. The summed E-state index contributed by atoms with van der Waals surface area (Å²) < 4.78 is 0. The zero-order chi connectivity index (χ0) is 5.70. The Morgan fingerprint density at radius 1 is 1.71 bits per heavy atom. The van der Waals surface area contributed by atoms with Gasteiger partial charge in [-0.15, -0.1) is 0 Å². The van der Waals surface area contributed by atoms with E-state index in [2.05, 4.69) is 0 Å². The fourth-order valence-corrected chi connectivity index (χ4v) is 0.333. The number of hydrogen-bond acceptors (Lipinski definition) is 1. The first-order chi connectivity index (χ1) is 3.27. The quantitative estimate of drug-likeness (QED) is 0.519. The Labute approximate surface area is 44.7 Å². The van der Waals surface area contributed by atoms with Crippen molar-refractivity contribution in [2.24, 2.45) is 0 Å². The summed E-state index contributed by atoms with van der Waals surface area (Å²) in [6, 6.07) is 0. The van der Waals surface area contributed by atoms with Gasteiger partial charge in [-0.3, -0.25) is 0 Å². The average molecular weight is 100 g/mol. The fourth-order valence-electron chi connectivity index (χ4n) is 0.333. The molecular weight excluding hydrogens is 88.1 g/mol. The van der Waals surface area contributed by atoms with Crippen LogP contribution in [-0.2, 0) is 0 Å². The smallest absolute Gasteiger partial charge is 0.0692 e. The van der Waals surface area contributed by atoms with E-state index in [9.17, 15) is 0 Å². The Morgan fingerprint density at radius 2 is 2.29 bits per heavy atom. The van der Waals surface area contributed by atoms with Crippen LogP contribution in [0.1, 0.15) is 20.3 Å². The van der Waals surface area contributed by atoms with Crippen molar-refractivity contribution in [2.75, 3.05) is 0 Å². The molecule has 0 fully saturated rings. The predicted molar refractivity (Wildman–Crippen MR) is 31.1 cm³/mol. The highest BCUT2D eigenvalue weighted by Crippen LogP contribution is 1.84. The highest BCUT2D eigenvalue weighted by Gasteiger charge is 1.79. The van der Waals surface area contributed by atoms with Crippen LogP contribution < -0.4 is 0 Å². The van der Waals surface area contributed by atoms with E-state index in [1.807, 2.05) is 13.0 Å². The molecule has 0 aliphatic rings. The average Bonchev–Trinajstić information content (AvgIpc) is 1.61. The van der Waals surface area contributed by atoms with E-state index in [0.29, 0.717) is 0 Å². The standard InChI is InChI=1S/C6H12O/c1-3-4-5-6(2)7/h4-7H,3H2,1-2H3/b5-4+. The Hall–Kier alpha value is -0.300. The van der Waals surface area contributed by atoms with Crippen molar-refractivity contribution < 1.29 is 5.11 Å². The van der Waals surface area contributed by atoms with Gasteiger partial charge in [0, 0.05) is 0 Å². The summed E-state index contributed by atoms with van der Waals surface area (Å²) in [6.45, 7) is 3.78. The molecule has 1 nitrogen and oxygen atoms in total. The van der Waals surface area contributed by atoms with Crippen molar-refractivity contribution in [1.29, 1.82) is 0 Å². The second-order valence-corrected chi connectivity index (χ2v) is 1.58. The Kier molecular flexibility index (Phi) is 3.71.